The lowest BCUT2D eigenvalue weighted by Gasteiger charge is -2.20. The minimum atomic E-state index is -3.62. The molecule has 1 aromatic rings. The number of anilines is 1. The van der Waals surface area contributed by atoms with Crippen molar-refractivity contribution in [3.8, 4) is 0 Å². The van der Waals surface area contributed by atoms with Crippen LogP contribution in [0.25, 0.3) is 0 Å². The molecule has 1 aliphatic carbocycles. The lowest BCUT2D eigenvalue weighted by atomic mass is 9.95. The number of amides is 1. The Hall–Kier alpha value is -2.19. The maximum absolute atomic E-state index is 12.4. The number of aryl methyl sites for hydroxylation is 1. The highest BCUT2D eigenvalue weighted by molar-refractivity contribution is 7.89. The number of ether oxygens (including phenoxy) is 1. The van der Waals surface area contributed by atoms with Gasteiger partial charge in [0.25, 0.3) is 5.91 Å². The molecule has 0 saturated heterocycles. The van der Waals surface area contributed by atoms with Gasteiger partial charge in [-0.15, -0.1) is 0 Å². The van der Waals surface area contributed by atoms with E-state index >= 15 is 0 Å². The van der Waals surface area contributed by atoms with Crippen LogP contribution < -0.4 is 5.32 Å². The number of esters is 1. The zero-order valence-electron chi connectivity index (χ0n) is 16.1. The molecule has 2 rings (SSSR count). The van der Waals surface area contributed by atoms with Crippen LogP contribution in [0.1, 0.15) is 31.7 Å². The predicted octanol–water partition coefficient (Wildman–Crippen LogP) is 2.47. The fourth-order valence-electron chi connectivity index (χ4n) is 2.67. The van der Waals surface area contributed by atoms with Gasteiger partial charge in [-0.05, 0) is 50.8 Å². The second kappa shape index (κ2) is 8.67. The Bertz CT molecular complexity index is 846. The number of allylic oxidation sites excluding steroid dienone is 2. The summed E-state index contributed by atoms with van der Waals surface area (Å²) >= 11 is 0. The quantitative estimate of drug-likeness (QED) is 0.591. The maximum Gasteiger partial charge on any atom is 0.310 e. The average molecular weight is 394 g/mol. The lowest BCUT2D eigenvalue weighted by molar-refractivity contribution is -0.157. The van der Waals surface area contributed by atoms with Gasteiger partial charge in [-0.3, -0.25) is 9.59 Å². The zero-order chi connectivity index (χ0) is 20.2. The van der Waals surface area contributed by atoms with Gasteiger partial charge in [0, 0.05) is 19.8 Å². The summed E-state index contributed by atoms with van der Waals surface area (Å²) in [6.45, 7) is 3.26. The van der Waals surface area contributed by atoms with E-state index < -0.39 is 22.0 Å². The highest BCUT2D eigenvalue weighted by Gasteiger charge is 2.26. The maximum atomic E-state index is 12.4. The number of hydrogen-bond acceptors (Lipinski definition) is 5. The molecule has 0 bridgehead atoms. The summed E-state index contributed by atoms with van der Waals surface area (Å²) in [5, 5.41) is 2.66. The molecule has 27 heavy (non-hydrogen) atoms. The van der Waals surface area contributed by atoms with E-state index in [9.17, 15) is 18.0 Å². The molecule has 0 aliphatic heterocycles. The third-order valence-corrected chi connectivity index (χ3v) is 6.32. The molecule has 148 valence electrons. The Balaban J connectivity index is 2.08. The second-order valence-corrected chi connectivity index (χ2v) is 8.97. The first-order valence-corrected chi connectivity index (χ1v) is 10.3. The predicted molar refractivity (Wildman–Crippen MR) is 103 cm³/mol. The third kappa shape index (κ3) is 5.17. The van der Waals surface area contributed by atoms with Crippen LogP contribution in [0.5, 0.6) is 0 Å². The van der Waals surface area contributed by atoms with Crippen molar-refractivity contribution in [1.82, 2.24) is 4.31 Å². The zero-order valence-corrected chi connectivity index (χ0v) is 16.9. The van der Waals surface area contributed by atoms with Crippen LogP contribution in [0, 0.1) is 12.8 Å². The van der Waals surface area contributed by atoms with Crippen molar-refractivity contribution < 1.29 is 22.7 Å². The first kappa shape index (κ1) is 21.1. The summed E-state index contributed by atoms with van der Waals surface area (Å²) in [4.78, 5) is 24.7. The van der Waals surface area contributed by atoms with Gasteiger partial charge in [0.05, 0.1) is 10.8 Å². The largest absolute Gasteiger partial charge is 0.452 e. The molecule has 8 heteroatoms. The molecule has 1 aromatic carbocycles. The molecule has 0 unspecified atom stereocenters. The Labute approximate surface area is 160 Å². The molecule has 0 spiro atoms. The van der Waals surface area contributed by atoms with E-state index in [0.717, 1.165) is 10.7 Å². The van der Waals surface area contributed by atoms with Crippen molar-refractivity contribution in [2.45, 2.75) is 44.1 Å². The molecule has 0 radical (unpaired) electrons. The fraction of sp³-hybridized carbons (Fsp3) is 0.474. The van der Waals surface area contributed by atoms with E-state index in [-0.39, 0.29) is 16.8 Å². The van der Waals surface area contributed by atoms with E-state index in [1.165, 1.54) is 33.2 Å². The van der Waals surface area contributed by atoms with E-state index in [2.05, 4.69) is 5.32 Å². The highest BCUT2D eigenvalue weighted by atomic mass is 32.2. The summed E-state index contributed by atoms with van der Waals surface area (Å²) in [5.41, 5.74) is 1.07. The summed E-state index contributed by atoms with van der Waals surface area (Å²) in [6.07, 6.45) is 5.16. The molecule has 0 aromatic heterocycles. The van der Waals surface area contributed by atoms with E-state index in [1.54, 1.807) is 13.0 Å². The molecular formula is C19H26N2O5S. The van der Waals surface area contributed by atoms with Crippen LogP contribution in [-0.2, 0) is 24.3 Å². The molecule has 1 amide bonds. The molecule has 0 fully saturated rings. The van der Waals surface area contributed by atoms with Crippen LogP contribution in [-0.4, -0.2) is 44.8 Å². The van der Waals surface area contributed by atoms with Crippen molar-refractivity contribution in [2.75, 3.05) is 19.4 Å². The molecule has 1 N–H and O–H groups in total. The number of benzene rings is 1. The van der Waals surface area contributed by atoms with Gasteiger partial charge in [0.2, 0.25) is 10.0 Å². The normalized spacial score (nSPS) is 18.2. The number of carbonyl (C=O) groups is 2. The summed E-state index contributed by atoms with van der Waals surface area (Å²) in [6, 6.07) is 4.51. The topological polar surface area (TPSA) is 92.8 Å². The Morgan fingerprint density at radius 3 is 2.56 bits per heavy atom. The molecule has 7 nitrogen and oxygen atoms in total. The number of rotatable bonds is 6. The first-order valence-electron chi connectivity index (χ1n) is 8.82. The van der Waals surface area contributed by atoms with E-state index in [0.29, 0.717) is 24.1 Å². The molecule has 2 atom stereocenters. The van der Waals surface area contributed by atoms with Gasteiger partial charge in [-0.25, -0.2) is 12.7 Å². The molecule has 0 saturated carbocycles. The molecular weight excluding hydrogens is 368 g/mol. The average Bonchev–Trinajstić information content (AvgIpc) is 2.63. The van der Waals surface area contributed by atoms with Crippen molar-refractivity contribution in [2.24, 2.45) is 5.92 Å². The number of nitrogens with zero attached hydrogens (tertiary/aromatic N) is 1. The van der Waals surface area contributed by atoms with Gasteiger partial charge in [-0.1, -0.05) is 18.2 Å². The Kier molecular flexibility index (Phi) is 6.78. The Morgan fingerprint density at radius 2 is 1.96 bits per heavy atom. The Morgan fingerprint density at radius 1 is 1.26 bits per heavy atom. The van der Waals surface area contributed by atoms with E-state index in [1.807, 2.05) is 12.2 Å². The summed E-state index contributed by atoms with van der Waals surface area (Å²) in [7, 11) is -0.736. The molecule has 1 aliphatic rings. The smallest absolute Gasteiger partial charge is 0.310 e. The standard InChI is InChI=1S/C19H26N2O5S/c1-13-10-11-16(27(24,25)21(3)4)12-17(13)20-18(22)14(2)26-19(23)15-8-6-5-7-9-15/h5-6,10-12,14-15H,7-9H2,1-4H3,(H,20,22)/t14-,15-/m1/s1. The van der Waals surface area contributed by atoms with Crippen molar-refractivity contribution in [3.63, 3.8) is 0 Å². The number of carbonyl (C=O) groups excluding carboxylic acids is 2. The van der Waals surface area contributed by atoms with Gasteiger partial charge >= 0.3 is 5.97 Å². The van der Waals surface area contributed by atoms with Crippen molar-refractivity contribution in [1.29, 1.82) is 0 Å². The van der Waals surface area contributed by atoms with Gasteiger partial charge in [-0.2, -0.15) is 0 Å². The monoisotopic (exact) mass is 394 g/mol. The van der Waals surface area contributed by atoms with Crippen LogP contribution >= 0.6 is 0 Å². The summed E-state index contributed by atoms with van der Waals surface area (Å²) in [5.74, 6) is -1.11. The van der Waals surface area contributed by atoms with Gasteiger partial charge in [0.1, 0.15) is 0 Å². The highest BCUT2D eigenvalue weighted by Crippen LogP contribution is 2.23. The van der Waals surface area contributed by atoms with Gasteiger partial charge < -0.3 is 10.1 Å². The van der Waals surface area contributed by atoms with E-state index in [4.69, 9.17) is 4.74 Å². The van der Waals surface area contributed by atoms with Gasteiger partial charge in [0.15, 0.2) is 6.10 Å². The number of hydrogen-bond donors (Lipinski definition) is 1. The summed E-state index contributed by atoms with van der Waals surface area (Å²) < 4.78 is 30.9. The fourth-order valence-corrected chi connectivity index (χ4v) is 3.60. The molecule has 0 heterocycles. The van der Waals surface area contributed by atoms with Crippen LogP contribution in [0.3, 0.4) is 0 Å². The minimum absolute atomic E-state index is 0.0760. The first-order chi connectivity index (χ1) is 12.6. The number of sulfonamides is 1. The van der Waals surface area contributed by atoms with Crippen LogP contribution in [0.2, 0.25) is 0 Å². The van der Waals surface area contributed by atoms with Crippen molar-refractivity contribution >= 4 is 27.6 Å². The third-order valence-electron chi connectivity index (χ3n) is 4.51. The second-order valence-electron chi connectivity index (χ2n) is 6.81. The SMILES string of the molecule is Cc1ccc(S(=O)(=O)N(C)C)cc1NC(=O)[C@@H](C)OC(=O)[C@@H]1CC=CCC1. The lowest BCUT2D eigenvalue weighted by Crippen LogP contribution is -2.32. The minimum Gasteiger partial charge on any atom is -0.452 e. The van der Waals surface area contributed by atoms with Crippen LogP contribution in [0.4, 0.5) is 5.69 Å². The van der Waals surface area contributed by atoms with Crippen LogP contribution in [0.15, 0.2) is 35.2 Å². The number of nitrogens with one attached hydrogen (secondary N) is 1. The van der Waals surface area contributed by atoms with Crippen molar-refractivity contribution in [3.05, 3.63) is 35.9 Å².